The third-order valence-electron chi connectivity index (χ3n) is 3.48. The molecule has 3 N–H and O–H groups in total. The standard InChI is InChI=1S/C19H20N2O5/c1-13(23)14-6-8-15(9-7-14)21-18(24)12-26-19(25)16-4-2-3-5-17(16)20-10-11-22/h2-9,20,22H,10-12H2,1H3,(H,21,24). The predicted molar refractivity (Wildman–Crippen MR) is 97.4 cm³/mol. The molecule has 0 saturated carbocycles. The number of hydrogen-bond donors (Lipinski definition) is 3. The summed E-state index contributed by atoms with van der Waals surface area (Å²) in [6.45, 7) is 1.23. The molecule has 2 aromatic carbocycles. The first-order valence-electron chi connectivity index (χ1n) is 8.03. The highest BCUT2D eigenvalue weighted by molar-refractivity contribution is 5.99. The lowest BCUT2D eigenvalue weighted by atomic mass is 10.1. The number of esters is 1. The van der Waals surface area contributed by atoms with Crippen LogP contribution in [0.15, 0.2) is 48.5 Å². The van der Waals surface area contributed by atoms with Crippen molar-refractivity contribution in [2.24, 2.45) is 0 Å². The molecule has 0 aliphatic heterocycles. The van der Waals surface area contributed by atoms with E-state index in [1.807, 2.05) is 0 Å². The van der Waals surface area contributed by atoms with Gasteiger partial charge in [0.25, 0.3) is 5.91 Å². The van der Waals surface area contributed by atoms with E-state index >= 15 is 0 Å². The molecule has 0 spiro atoms. The van der Waals surface area contributed by atoms with Crippen LogP contribution in [0.5, 0.6) is 0 Å². The lowest BCUT2D eigenvalue weighted by Crippen LogP contribution is -2.21. The molecule has 2 rings (SSSR count). The molecule has 0 fully saturated rings. The summed E-state index contributed by atoms with van der Waals surface area (Å²) in [4.78, 5) is 35.3. The van der Waals surface area contributed by atoms with Crippen molar-refractivity contribution in [1.82, 2.24) is 0 Å². The number of rotatable bonds is 8. The third kappa shape index (κ3) is 5.42. The maximum Gasteiger partial charge on any atom is 0.340 e. The van der Waals surface area contributed by atoms with Gasteiger partial charge in [0.2, 0.25) is 0 Å². The summed E-state index contributed by atoms with van der Waals surface area (Å²) >= 11 is 0. The van der Waals surface area contributed by atoms with Crippen LogP contribution >= 0.6 is 0 Å². The number of aliphatic hydroxyl groups excluding tert-OH is 1. The topological polar surface area (TPSA) is 105 Å². The second-order valence-electron chi connectivity index (χ2n) is 5.45. The molecular formula is C19H20N2O5. The van der Waals surface area contributed by atoms with Crippen LogP contribution in [0.2, 0.25) is 0 Å². The van der Waals surface area contributed by atoms with Gasteiger partial charge >= 0.3 is 5.97 Å². The van der Waals surface area contributed by atoms with Crippen LogP contribution in [0.4, 0.5) is 11.4 Å². The number of benzene rings is 2. The van der Waals surface area contributed by atoms with E-state index in [9.17, 15) is 14.4 Å². The summed E-state index contributed by atoms with van der Waals surface area (Å²) in [5.74, 6) is -1.20. The zero-order valence-electron chi connectivity index (χ0n) is 14.3. The minimum atomic E-state index is -0.645. The zero-order chi connectivity index (χ0) is 18.9. The summed E-state index contributed by atoms with van der Waals surface area (Å²) in [6.07, 6.45) is 0. The van der Waals surface area contributed by atoms with Crippen molar-refractivity contribution >= 4 is 29.0 Å². The van der Waals surface area contributed by atoms with Gasteiger partial charge in [0.1, 0.15) is 0 Å². The van der Waals surface area contributed by atoms with Crippen LogP contribution in [0, 0.1) is 0 Å². The van der Waals surface area contributed by atoms with Crippen LogP contribution in [0.3, 0.4) is 0 Å². The van der Waals surface area contributed by atoms with Gasteiger partial charge in [-0.3, -0.25) is 9.59 Å². The van der Waals surface area contributed by atoms with Crippen molar-refractivity contribution in [3.8, 4) is 0 Å². The fraction of sp³-hybridized carbons (Fsp3) is 0.211. The van der Waals surface area contributed by atoms with E-state index in [0.29, 0.717) is 23.5 Å². The summed E-state index contributed by atoms with van der Waals surface area (Å²) in [5, 5.41) is 14.4. The highest BCUT2D eigenvalue weighted by Crippen LogP contribution is 2.16. The molecule has 2 aromatic rings. The minimum Gasteiger partial charge on any atom is -0.452 e. The Bertz CT molecular complexity index is 787. The molecule has 0 heterocycles. The summed E-state index contributed by atoms with van der Waals surface area (Å²) in [5.41, 5.74) is 1.84. The van der Waals surface area contributed by atoms with Gasteiger partial charge in [0.05, 0.1) is 12.2 Å². The molecule has 0 radical (unpaired) electrons. The zero-order valence-corrected chi connectivity index (χ0v) is 14.3. The number of ketones is 1. The largest absolute Gasteiger partial charge is 0.452 e. The number of aliphatic hydroxyl groups is 1. The number of nitrogens with one attached hydrogen (secondary N) is 2. The summed E-state index contributed by atoms with van der Waals surface area (Å²) in [6, 6.07) is 13.1. The van der Waals surface area contributed by atoms with Gasteiger partial charge in [-0.05, 0) is 43.3 Å². The van der Waals surface area contributed by atoms with E-state index in [0.717, 1.165) is 0 Å². The lowest BCUT2D eigenvalue weighted by Gasteiger charge is -2.11. The minimum absolute atomic E-state index is 0.0646. The van der Waals surface area contributed by atoms with Crippen molar-refractivity contribution < 1.29 is 24.2 Å². The Hall–Kier alpha value is -3.19. The Kier molecular flexibility index (Phi) is 6.87. The average molecular weight is 356 g/mol. The Morgan fingerprint density at radius 2 is 1.73 bits per heavy atom. The van der Waals surface area contributed by atoms with Crippen molar-refractivity contribution in [2.75, 3.05) is 30.4 Å². The van der Waals surface area contributed by atoms with Gasteiger partial charge in [-0.25, -0.2) is 4.79 Å². The highest BCUT2D eigenvalue weighted by atomic mass is 16.5. The molecule has 0 saturated heterocycles. The van der Waals surface area contributed by atoms with Crippen LogP contribution in [0.25, 0.3) is 0 Å². The lowest BCUT2D eigenvalue weighted by molar-refractivity contribution is -0.119. The number of ether oxygens (including phenoxy) is 1. The first-order chi connectivity index (χ1) is 12.5. The van der Waals surface area contributed by atoms with Gasteiger partial charge in [0.15, 0.2) is 12.4 Å². The van der Waals surface area contributed by atoms with Gasteiger partial charge < -0.3 is 20.5 Å². The van der Waals surface area contributed by atoms with Gasteiger partial charge in [-0.15, -0.1) is 0 Å². The quantitative estimate of drug-likeness (QED) is 0.494. The van der Waals surface area contributed by atoms with Crippen LogP contribution in [0.1, 0.15) is 27.6 Å². The second-order valence-corrected chi connectivity index (χ2v) is 5.45. The molecular weight excluding hydrogens is 336 g/mol. The highest BCUT2D eigenvalue weighted by Gasteiger charge is 2.14. The second kappa shape index (κ2) is 9.33. The summed E-state index contributed by atoms with van der Waals surface area (Å²) < 4.78 is 5.04. The van der Waals surface area contributed by atoms with Crippen LogP contribution < -0.4 is 10.6 Å². The number of carbonyl (C=O) groups is 3. The van der Waals surface area contributed by atoms with Crippen molar-refractivity contribution in [1.29, 1.82) is 0 Å². The molecule has 0 aromatic heterocycles. The van der Waals surface area contributed by atoms with E-state index < -0.39 is 18.5 Å². The van der Waals surface area contributed by atoms with E-state index in [-0.39, 0.29) is 18.0 Å². The molecule has 0 aliphatic rings. The molecule has 0 aliphatic carbocycles. The molecule has 0 bridgehead atoms. The van der Waals surface area contributed by atoms with E-state index in [1.165, 1.54) is 6.92 Å². The fourth-order valence-electron chi connectivity index (χ4n) is 2.20. The molecule has 0 atom stereocenters. The first kappa shape index (κ1) is 19.1. The number of carbonyl (C=O) groups excluding carboxylic acids is 3. The molecule has 26 heavy (non-hydrogen) atoms. The number of amides is 1. The number of hydrogen-bond acceptors (Lipinski definition) is 6. The smallest absolute Gasteiger partial charge is 0.340 e. The van der Waals surface area contributed by atoms with Gasteiger partial charge in [-0.1, -0.05) is 12.1 Å². The monoisotopic (exact) mass is 356 g/mol. The number of anilines is 2. The number of para-hydroxylation sites is 1. The van der Waals surface area contributed by atoms with E-state index in [4.69, 9.17) is 9.84 Å². The number of Topliss-reactive ketones (excluding diaryl/α,β-unsaturated/α-hetero) is 1. The Balaban J connectivity index is 1.90. The Morgan fingerprint density at radius 1 is 1.04 bits per heavy atom. The SMILES string of the molecule is CC(=O)c1ccc(NC(=O)COC(=O)c2ccccc2NCCO)cc1. The van der Waals surface area contributed by atoms with Gasteiger partial charge in [-0.2, -0.15) is 0 Å². The van der Waals surface area contributed by atoms with Crippen LogP contribution in [-0.2, 0) is 9.53 Å². The van der Waals surface area contributed by atoms with Crippen molar-refractivity contribution in [3.05, 3.63) is 59.7 Å². The Morgan fingerprint density at radius 3 is 2.38 bits per heavy atom. The van der Waals surface area contributed by atoms with Gasteiger partial charge in [0, 0.05) is 23.5 Å². The summed E-state index contributed by atoms with van der Waals surface area (Å²) in [7, 11) is 0. The first-order valence-corrected chi connectivity index (χ1v) is 8.03. The molecule has 1 amide bonds. The normalized spacial score (nSPS) is 10.1. The molecule has 7 nitrogen and oxygen atoms in total. The third-order valence-corrected chi connectivity index (χ3v) is 3.48. The van der Waals surface area contributed by atoms with Crippen molar-refractivity contribution in [2.45, 2.75) is 6.92 Å². The predicted octanol–water partition coefficient (Wildman–Crippen LogP) is 2.09. The fourth-order valence-corrected chi connectivity index (χ4v) is 2.20. The molecule has 136 valence electrons. The van der Waals surface area contributed by atoms with Crippen molar-refractivity contribution in [3.63, 3.8) is 0 Å². The maximum absolute atomic E-state index is 12.2. The maximum atomic E-state index is 12.2. The van der Waals surface area contributed by atoms with Crippen LogP contribution in [-0.4, -0.2) is 42.5 Å². The van der Waals surface area contributed by atoms with E-state index in [2.05, 4.69) is 10.6 Å². The molecule has 0 unspecified atom stereocenters. The molecule has 7 heteroatoms. The van der Waals surface area contributed by atoms with E-state index in [1.54, 1.807) is 48.5 Å². The Labute approximate surface area is 151 Å². The average Bonchev–Trinajstić information content (AvgIpc) is 2.65.